The van der Waals surface area contributed by atoms with Crippen molar-refractivity contribution in [3.05, 3.63) is 55.4 Å². The van der Waals surface area contributed by atoms with Gasteiger partial charge in [0.15, 0.2) is 0 Å². The van der Waals surface area contributed by atoms with Crippen LogP contribution in [0.3, 0.4) is 0 Å². The molecule has 1 aromatic carbocycles. The summed E-state index contributed by atoms with van der Waals surface area (Å²) in [5, 5.41) is 7.93. The third kappa shape index (κ3) is 4.35. The van der Waals surface area contributed by atoms with Gasteiger partial charge in [-0.05, 0) is 44.7 Å². The lowest BCUT2D eigenvalue weighted by Crippen LogP contribution is -2.30. The lowest BCUT2D eigenvalue weighted by atomic mass is 10.2. The topological polar surface area (TPSA) is 79.6 Å². The van der Waals surface area contributed by atoms with Crippen LogP contribution in [-0.2, 0) is 11.3 Å². The molecule has 3 rings (SSSR count). The second-order valence-corrected chi connectivity index (χ2v) is 8.06. The Morgan fingerprint density at radius 1 is 1.35 bits per heavy atom. The number of aromatic nitrogens is 3. The van der Waals surface area contributed by atoms with E-state index in [1.165, 1.54) is 21.9 Å². The minimum absolute atomic E-state index is 0.106. The third-order valence-corrected chi connectivity index (χ3v) is 5.08. The summed E-state index contributed by atoms with van der Waals surface area (Å²) >= 11 is 4.76. The van der Waals surface area contributed by atoms with E-state index >= 15 is 0 Å². The molecule has 0 spiro atoms. The van der Waals surface area contributed by atoms with Gasteiger partial charge in [0.25, 0.3) is 5.56 Å². The molecule has 1 amide bonds. The van der Waals surface area contributed by atoms with Crippen LogP contribution in [0.2, 0.25) is 0 Å². The van der Waals surface area contributed by atoms with Gasteiger partial charge in [0.2, 0.25) is 10.9 Å². The van der Waals surface area contributed by atoms with E-state index in [9.17, 15) is 9.59 Å². The van der Waals surface area contributed by atoms with Crippen molar-refractivity contribution in [2.75, 3.05) is 18.9 Å². The van der Waals surface area contributed by atoms with E-state index < -0.39 is 0 Å². The predicted molar refractivity (Wildman–Crippen MR) is 106 cm³/mol. The zero-order valence-electron chi connectivity index (χ0n) is 14.6. The van der Waals surface area contributed by atoms with E-state index in [0.29, 0.717) is 17.2 Å². The Morgan fingerprint density at radius 2 is 2.12 bits per heavy atom. The highest BCUT2D eigenvalue weighted by Gasteiger charge is 2.13. The van der Waals surface area contributed by atoms with Gasteiger partial charge in [-0.25, -0.2) is 4.98 Å². The Bertz CT molecular complexity index is 1030. The fraction of sp³-hybridized carbons (Fsp3) is 0.294. The molecule has 9 heteroatoms. The number of halogens is 1. The number of likely N-dealkylation sites (N-methyl/N-ethyl adjacent to an activating group) is 1. The maximum absolute atomic E-state index is 12.3. The molecule has 2 aromatic heterocycles. The second kappa shape index (κ2) is 7.65. The van der Waals surface area contributed by atoms with Gasteiger partial charge in [0.1, 0.15) is 5.01 Å². The quantitative estimate of drug-likeness (QED) is 0.665. The van der Waals surface area contributed by atoms with Gasteiger partial charge in [-0.3, -0.25) is 14.5 Å². The number of anilines is 1. The Morgan fingerprint density at radius 3 is 2.85 bits per heavy atom. The van der Waals surface area contributed by atoms with Crippen LogP contribution >= 0.6 is 27.3 Å². The Balaban J connectivity index is 1.65. The fourth-order valence-corrected chi connectivity index (χ4v) is 4.01. The van der Waals surface area contributed by atoms with Gasteiger partial charge in [0.05, 0.1) is 13.1 Å². The van der Waals surface area contributed by atoms with Crippen LogP contribution in [0.5, 0.6) is 0 Å². The number of amides is 1. The smallest absolute Gasteiger partial charge is 0.275 e. The molecule has 0 aliphatic carbocycles. The van der Waals surface area contributed by atoms with Gasteiger partial charge in [-0.15, -0.1) is 0 Å². The molecule has 0 radical (unpaired) electrons. The number of benzene rings is 1. The largest absolute Gasteiger partial charge is 0.325 e. The van der Waals surface area contributed by atoms with Gasteiger partial charge in [-0.1, -0.05) is 27.3 Å². The molecular formula is C17H18BrN5O2S. The average molecular weight is 436 g/mol. The van der Waals surface area contributed by atoms with Crippen molar-refractivity contribution in [3.8, 4) is 0 Å². The summed E-state index contributed by atoms with van der Waals surface area (Å²) in [6, 6.07) is 7.16. The minimum atomic E-state index is -0.193. The molecule has 0 atom stereocenters. The molecule has 2 heterocycles. The van der Waals surface area contributed by atoms with Crippen molar-refractivity contribution in [2.45, 2.75) is 20.4 Å². The Labute approximate surface area is 162 Å². The second-order valence-electron chi connectivity index (χ2n) is 6.11. The Kier molecular flexibility index (Phi) is 5.49. The predicted octanol–water partition coefficient (Wildman–Crippen LogP) is 2.60. The molecule has 0 saturated heterocycles. The lowest BCUT2D eigenvalue weighted by Gasteiger charge is -2.15. The van der Waals surface area contributed by atoms with Crippen molar-refractivity contribution in [2.24, 2.45) is 0 Å². The first-order valence-electron chi connectivity index (χ1n) is 7.93. The summed E-state index contributed by atoms with van der Waals surface area (Å²) in [5.41, 5.74) is 2.25. The molecule has 3 aromatic rings. The summed E-state index contributed by atoms with van der Waals surface area (Å²) in [6.07, 6.45) is 0. The van der Waals surface area contributed by atoms with Gasteiger partial charge in [-0.2, -0.15) is 9.61 Å². The first kappa shape index (κ1) is 18.7. The fourth-order valence-electron chi connectivity index (χ4n) is 2.51. The third-order valence-electron chi connectivity index (χ3n) is 3.70. The van der Waals surface area contributed by atoms with Crippen LogP contribution < -0.4 is 10.9 Å². The van der Waals surface area contributed by atoms with Crippen LogP contribution in [0.1, 0.15) is 16.3 Å². The SMILES string of the molecule is Cc1cc(=O)n2nc(CN(C)CC(=O)Nc3ccc(Br)cc3C)sc2n1. The van der Waals surface area contributed by atoms with Crippen LogP contribution in [-0.4, -0.2) is 39.0 Å². The number of hydrogen-bond donors (Lipinski definition) is 1. The van der Waals surface area contributed by atoms with E-state index in [2.05, 4.69) is 31.3 Å². The highest BCUT2D eigenvalue weighted by Crippen LogP contribution is 2.20. The zero-order chi connectivity index (χ0) is 18.8. The number of nitrogens with zero attached hydrogens (tertiary/aromatic N) is 4. The molecule has 0 saturated carbocycles. The Hall–Kier alpha value is -2.10. The monoisotopic (exact) mass is 435 g/mol. The number of aryl methyl sites for hydroxylation is 2. The molecular weight excluding hydrogens is 418 g/mol. The van der Waals surface area contributed by atoms with Gasteiger partial charge in [0, 0.05) is 21.9 Å². The highest BCUT2D eigenvalue weighted by molar-refractivity contribution is 9.10. The minimum Gasteiger partial charge on any atom is -0.325 e. The first-order chi connectivity index (χ1) is 12.3. The molecule has 136 valence electrons. The summed E-state index contributed by atoms with van der Waals surface area (Å²) in [7, 11) is 1.83. The highest BCUT2D eigenvalue weighted by atomic mass is 79.9. The number of carbonyl (C=O) groups is 1. The maximum Gasteiger partial charge on any atom is 0.275 e. The molecule has 0 bridgehead atoms. The lowest BCUT2D eigenvalue weighted by molar-refractivity contribution is -0.117. The molecule has 0 unspecified atom stereocenters. The van der Waals surface area contributed by atoms with E-state index in [1.54, 1.807) is 6.92 Å². The first-order valence-corrected chi connectivity index (χ1v) is 9.54. The van der Waals surface area contributed by atoms with Crippen LogP contribution in [0.4, 0.5) is 5.69 Å². The van der Waals surface area contributed by atoms with Crippen molar-refractivity contribution >= 4 is 43.8 Å². The summed E-state index contributed by atoms with van der Waals surface area (Å²) in [6.45, 7) is 4.39. The van der Waals surface area contributed by atoms with Gasteiger partial charge >= 0.3 is 0 Å². The molecule has 0 fully saturated rings. The number of hydrogen-bond acceptors (Lipinski definition) is 6. The summed E-state index contributed by atoms with van der Waals surface area (Å²) in [4.78, 5) is 30.9. The van der Waals surface area contributed by atoms with E-state index in [1.807, 2.05) is 37.1 Å². The number of nitrogens with one attached hydrogen (secondary N) is 1. The average Bonchev–Trinajstić information content (AvgIpc) is 2.92. The normalized spacial score (nSPS) is 11.3. The summed E-state index contributed by atoms with van der Waals surface area (Å²) < 4.78 is 2.27. The van der Waals surface area contributed by atoms with Crippen molar-refractivity contribution in [3.63, 3.8) is 0 Å². The molecule has 7 nitrogen and oxygen atoms in total. The zero-order valence-corrected chi connectivity index (χ0v) is 17.0. The van der Waals surface area contributed by atoms with Gasteiger partial charge < -0.3 is 5.32 Å². The van der Waals surface area contributed by atoms with Crippen LogP contribution in [0, 0.1) is 13.8 Å². The number of fused-ring (bicyclic) bond motifs is 1. The maximum atomic E-state index is 12.3. The van der Waals surface area contributed by atoms with Crippen LogP contribution in [0.25, 0.3) is 4.96 Å². The van der Waals surface area contributed by atoms with Crippen molar-refractivity contribution < 1.29 is 4.79 Å². The van der Waals surface area contributed by atoms with Crippen molar-refractivity contribution in [1.82, 2.24) is 19.5 Å². The molecule has 0 aliphatic heterocycles. The van der Waals surface area contributed by atoms with E-state index in [0.717, 1.165) is 20.7 Å². The number of rotatable bonds is 5. The van der Waals surface area contributed by atoms with E-state index in [-0.39, 0.29) is 18.0 Å². The molecule has 0 aliphatic rings. The standard InChI is InChI=1S/C17H18BrN5O2S/c1-10-6-12(18)4-5-13(10)20-14(24)8-22(3)9-15-21-23-16(25)7-11(2)19-17(23)26-15/h4-7H,8-9H2,1-3H3,(H,20,24). The number of carbonyl (C=O) groups excluding carboxylic acids is 1. The summed E-state index contributed by atoms with van der Waals surface area (Å²) in [5.74, 6) is -0.106. The molecule has 26 heavy (non-hydrogen) atoms. The van der Waals surface area contributed by atoms with Crippen molar-refractivity contribution in [1.29, 1.82) is 0 Å². The van der Waals surface area contributed by atoms with E-state index in [4.69, 9.17) is 0 Å². The molecule has 1 N–H and O–H groups in total. The van der Waals surface area contributed by atoms with Crippen LogP contribution in [0.15, 0.2) is 33.5 Å².